The third kappa shape index (κ3) is 2.28. The molecule has 0 bridgehead atoms. The molecule has 1 aliphatic heterocycles. The highest BCUT2D eigenvalue weighted by Gasteiger charge is 2.26. The van der Waals surface area contributed by atoms with E-state index in [1.165, 1.54) is 17.4 Å². The first-order valence-electron chi connectivity index (χ1n) is 6.18. The highest BCUT2D eigenvalue weighted by Crippen LogP contribution is 2.32. The molecule has 1 aromatic carbocycles. The Bertz CT molecular complexity index is 620. The van der Waals surface area contributed by atoms with E-state index in [-0.39, 0.29) is 11.7 Å². The Labute approximate surface area is 113 Å². The fraction of sp³-hybridized carbons (Fsp3) is 0.385. The van der Waals surface area contributed by atoms with Crippen molar-refractivity contribution in [1.82, 2.24) is 4.98 Å². The summed E-state index contributed by atoms with van der Waals surface area (Å²) in [6.07, 6.45) is 1.24. The van der Waals surface area contributed by atoms with Crippen molar-refractivity contribution >= 4 is 32.7 Å². The van der Waals surface area contributed by atoms with E-state index >= 15 is 0 Å². The summed E-state index contributed by atoms with van der Waals surface area (Å²) in [4.78, 5) is 17.3. The molecule has 19 heavy (non-hydrogen) atoms. The number of aromatic nitrogens is 1. The van der Waals surface area contributed by atoms with Gasteiger partial charge in [-0.2, -0.15) is 0 Å². The van der Waals surface area contributed by atoms with Crippen LogP contribution in [-0.2, 0) is 4.79 Å². The van der Waals surface area contributed by atoms with Crippen molar-refractivity contribution in [1.29, 1.82) is 0 Å². The lowest BCUT2D eigenvalue weighted by Gasteiger charge is -2.29. The first kappa shape index (κ1) is 12.3. The molecule has 3 rings (SSSR count). The van der Waals surface area contributed by atoms with Crippen LogP contribution in [0.5, 0.6) is 0 Å². The number of thiazole rings is 1. The smallest absolute Gasteiger partial charge is 0.306 e. The van der Waals surface area contributed by atoms with Gasteiger partial charge in [0.25, 0.3) is 0 Å². The molecule has 0 unspecified atom stereocenters. The normalized spacial score (nSPS) is 17.0. The lowest BCUT2D eigenvalue weighted by Crippen LogP contribution is -2.36. The summed E-state index contributed by atoms with van der Waals surface area (Å²) < 4.78 is 14.4. The molecule has 0 atom stereocenters. The van der Waals surface area contributed by atoms with Crippen molar-refractivity contribution in [2.75, 3.05) is 18.0 Å². The van der Waals surface area contributed by atoms with Crippen molar-refractivity contribution in [2.24, 2.45) is 5.92 Å². The van der Waals surface area contributed by atoms with Gasteiger partial charge in [-0.15, -0.1) is 0 Å². The first-order valence-corrected chi connectivity index (χ1v) is 6.99. The van der Waals surface area contributed by atoms with E-state index in [4.69, 9.17) is 5.11 Å². The van der Waals surface area contributed by atoms with E-state index in [2.05, 4.69) is 4.98 Å². The molecule has 1 N–H and O–H groups in total. The predicted octanol–water partition coefficient (Wildman–Crippen LogP) is 2.74. The maximum absolute atomic E-state index is 13.6. The van der Waals surface area contributed by atoms with Gasteiger partial charge in [-0.1, -0.05) is 17.4 Å². The number of nitrogens with zero attached hydrogens (tertiary/aromatic N) is 2. The average Bonchev–Trinajstić information content (AvgIpc) is 2.84. The lowest BCUT2D eigenvalue weighted by atomic mass is 9.98. The fourth-order valence-electron chi connectivity index (χ4n) is 2.36. The predicted molar refractivity (Wildman–Crippen MR) is 72.2 cm³/mol. The van der Waals surface area contributed by atoms with Crippen molar-refractivity contribution in [2.45, 2.75) is 12.8 Å². The summed E-state index contributed by atoms with van der Waals surface area (Å²) in [5, 5.41) is 9.75. The minimum Gasteiger partial charge on any atom is -0.481 e. The number of benzene rings is 1. The molecule has 1 fully saturated rings. The number of carbonyl (C=O) groups is 1. The Morgan fingerprint density at radius 3 is 2.79 bits per heavy atom. The van der Waals surface area contributed by atoms with Crippen molar-refractivity contribution in [3.8, 4) is 0 Å². The third-order valence-electron chi connectivity index (χ3n) is 3.47. The van der Waals surface area contributed by atoms with Gasteiger partial charge < -0.3 is 10.0 Å². The van der Waals surface area contributed by atoms with Crippen LogP contribution in [0.4, 0.5) is 9.52 Å². The summed E-state index contributed by atoms with van der Waals surface area (Å²) in [7, 11) is 0. The number of rotatable bonds is 2. The molecule has 0 aliphatic carbocycles. The monoisotopic (exact) mass is 280 g/mol. The number of hydrogen-bond acceptors (Lipinski definition) is 4. The number of anilines is 1. The molecule has 1 aliphatic rings. The third-order valence-corrected chi connectivity index (χ3v) is 4.55. The summed E-state index contributed by atoms with van der Waals surface area (Å²) in [6, 6.07) is 4.93. The van der Waals surface area contributed by atoms with Gasteiger partial charge in [0.15, 0.2) is 5.13 Å². The zero-order valence-corrected chi connectivity index (χ0v) is 11.0. The van der Waals surface area contributed by atoms with Gasteiger partial charge in [-0.25, -0.2) is 9.37 Å². The van der Waals surface area contributed by atoms with Gasteiger partial charge in [0.1, 0.15) is 11.3 Å². The molecule has 0 spiro atoms. The molecular formula is C13H13FN2O2S. The molecule has 2 aromatic rings. The van der Waals surface area contributed by atoms with Crippen molar-refractivity contribution in [3.05, 3.63) is 24.0 Å². The Morgan fingerprint density at radius 1 is 1.42 bits per heavy atom. The average molecular weight is 280 g/mol. The number of halogens is 1. The van der Waals surface area contributed by atoms with Crippen LogP contribution in [0.1, 0.15) is 12.8 Å². The molecule has 0 amide bonds. The zero-order chi connectivity index (χ0) is 13.4. The topological polar surface area (TPSA) is 53.4 Å². The van der Waals surface area contributed by atoms with Gasteiger partial charge in [0.2, 0.25) is 0 Å². The van der Waals surface area contributed by atoms with Crippen LogP contribution in [0.25, 0.3) is 10.2 Å². The molecule has 1 aromatic heterocycles. The Morgan fingerprint density at radius 2 is 2.16 bits per heavy atom. The van der Waals surface area contributed by atoms with Crippen LogP contribution in [0.2, 0.25) is 0 Å². The van der Waals surface area contributed by atoms with Crippen LogP contribution < -0.4 is 4.90 Å². The standard InChI is InChI=1S/C13H13FN2O2S/c14-9-2-1-3-10-11(9)15-13(19-10)16-6-4-8(5-7-16)12(17)18/h1-3,8H,4-7H2,(H,17,18). The summed E-state index contributed by atoms with van der Waals surface area (Å²) in [5.74, 6) is -1.29. The SMILES string of the molecule is O=C(O)C1CCN(c2nc3c(F)cccc3s2)CC1. The molecular weight excluding hydrogens is 267 g/mol. The van der Waals surface area contributed by atoms with Crippen LogP contribution in [0, 0.1) is 11.7 Å². The van der Waals surface area contributed by atoms with Gasteiger partial charge in [0.05, 0.1) is 10.6 Å². The number of fused-ring (bicyclic) bond motifs is 1. The second-order valence-electron chi connectivity index (χ2n) is 4.68. The second-order valence-corrected chi connectivity index (χ2v) is 5.69. The van der Waals surface area contributed by atoms with Crippen molar-refractivity contribution < 1.29 is 14.3 Å². The number of hydrogen-bond donors (Lipinski definition) is 1. The summed E-state index contributed by atoms with van der Waals surface area (Å²) in [6.45, 7) is 1.33. The minimum absolute atomic E-state index is 0.262. The minimum atomic E-state index is -0.727. The fourth-order valence-corrected chi connectivity index (χ4v) is 3.39. The largest absolute Gasteiger partial charge is 0.481 e. The Balaban J connectivity index is 1.82. The van der Waals surface area contributed by atoms with E-state index in [1.54, 1.807) is 6.07 Å². The number of carboxylic acid groups (broad SMARTS) is 1. The summed E-state index contributed by atoms with van der Waals surface area (Å²) >= 11 is 1.45. The van der Waals surface area contributed by atoms with Gasteiger partial charge in [-0.3, -0.25) is 4.79 Å². The van der Waals surface area contributed by atoms with Crippen LogP contribution in [-0.4, -0.2) is 29.1 Å². The maximum Gasteiger partial charge on any atom is 0.306 e. The van der Waals surface area contributed by atoms with Crippen LogP contribution >= 0.6 is 11.3 Å². The lowest BCUT2D eigenvalue weighted by molar-refractivity contribution is -0.142. The number of para-hydroxylation sites is 1. The van der Waals surface area contributed by atoms with E-state index in [9.17, 15) is 9.18 Å². The Hall–Kier alpha value is -1.69. The Kier molecular flexibility index (Phi) is 3.10. The van der Waals surface area contributed by atoms with E-state index in [1.807, 2.05) is 11.0 Å². The number of aliphatic carboxylic acids is 1. The van der Waals surface area contributed by atoms with E-state index in [0.717, 1.165) is 9.83 Å². The molecule has 1 saturated heterocycles. The molecule has 0 saturated carbocycles. The number of carboxylic acids is 1. The summed E-state index contributed by atoms with van der Waals surface area (Å²) in [5.41, 5.74) is 0.405. The van der Waals surface area contributed by atoms with Crippen molar-refractivity contribution in [3.63, 3.8) is 0 Å². The molecule has 6 heteroatoms. The zero-order valence-electron chi connectivity index (χ0n) is 10.2. The molecule has 100 valence electrons. The van der Waals surface area contributed by atoms with Crippen LogP contribution in [0.15, 0.2) is 18.2 Å². The molecule has 4 nitrogen and oxygen atoms in total. The van der Waals surface area contributed by atoms with Gasteiger partial charge >= 0.3 is 5.97 Å². The van der Waals surface area contributed by atoms with E-state index in [0.29, 0.717) is 31.4 Å². The second kappa shape index (κ2) is 4.77. The highest BCUT2D eigenvalue weighted by molar-refractivity contribution is 7.22. The molecule has 2 heterocycles. The van der Waals surface area contributed by atoms with Gasteiger partial charge in [0, 0.05) is 13.1 Å². The quantitative estimate of drug-likeness (QED) is 0.919. The van der Waals surface area contributed by atoms with E-state index < -0.39 is 5.97 Å². The molecule has 0 radical (unpaired) electrons. The van der Waals surface area contributed by atoms with Crippen LogP contribution in [0.3, 0.4) is 0 Å². The highest BCUT2D eigenvalue weighted by atomic mass is 32.1. The first-order chi connectivity index (χ1) is 9.15. The van der Waals surface area contributed by atoms with Gasteiger partial charge in [-0.05, 0) is 25.0 Å². The number of piperidine rings is 1. The maximum atomic E-state index is 13.6.